The molecule has 2 aliphatic heterocycles. The van der Waals surface area contributed by atoms with Crippen molar-refractivity contribution in [1.82, 2.24) is 0 Å². The van der Waals surface area contributed by atoms with E-state index in [1.807, 2.05) is 48.5 Å². The third-order valence-corrected chi connectivity index (χ3v) is 9.21. The van der Waals surface area contributed by atoms with Gasteiger partial charge in [-0.3, -0.25) is 9.10 Å². The lowest BCUT2D eigenvalue weighted by Gasteiger charge is -2.31. The van der Waals surface area contributed by atoms with Crippen LogP contribution in [0.1, 0.15) is 28.8 Å². The SMILES string of the molecule is COc1ccc(C(=O)N2CCCSc3ccccc32)cc1S(=O)(=O)N1CCCc2ccccc21. The van der Waals surface area contributed by atoms with Gasteiger partial charge >= 0.3 is 0 Å². The van der Waals surface area contributed by atoms with Crippen LogP contribution in [0.5, 0.6) is 5.75 Å². The number of hydrogen-bond donors (Lipinski definition) is 0. The van der Waals surface area contributed by atoms with Crippen LogP contribution >= 0.6 is 11.8 Å². The molecule has 3 aromatic rings. The zero-order valence-corrected chi connectivity index (χ0v) is 20.6. The summed E-state index contributed by atoms with van der Waals surface area (Å²) in [7, 11) is -2.49. The van der Waals surface area contributed by atoms with Crippen molar-refractivity contribution < 1.29 is 17.9 Å². The summed E-state index contributed by atoms with van der Waals surface area (Å²) in [5.41, 5.74) is 2.87. The number of para-hydroxylation sites is 2. The van der Waals surface area contributed by atoms with E-state index in [4.69, 9.17) is 4.74 Å². The van der Waals surface area contributed by atoms with E-state index in [1.165, 1.54) is 17.5 Å². The van der Waals surface area contributed by atoms with E-state index in [0.717, 1.165) is 41.2 Å². The first-order chi connectivity index (χ1) is 16.5. The Hall–Kier alpha value is -2.97. The highest BCUT2D eigenvalue weighted by Gasteiger charge is 2.33. The number of methoxy groups -OCH3 is 1. The normalized spacial score (nSPS) is 15.8. The molecular formula is C26H26N2O4S2. The molecule has 0 fully saturated rings. The fourth-order valence-electron chi connectivity index (χ4n) is 4.57. The van der Waals surface area contributed by atoms with E-state index >= 15 is 0 Å². The Balaban J connectivity index is 1.56. The lowest BCUT2D eigenvalue weighted by atomic mass is 10.0. The smallest absolute Gasteiger partial charge is 0.268 e. The standard InChI is InChI=1S/C26H26N2O4S2/c1-32-23-14-13-20(26(29)27-15-7-17-33-24-12-5-4-11-22(24)27)18-25(23)34(30,31)28-16-6-9-19-8-2-3-10-21(19)28/h2-5,8,10-14,18H,6-7,9,15-17H2,1H3. The molecule has 0 saturated carbocycles. The van der Waals surface area contributed by atoms with Gasteiger partial charge in [0.25, 0.3) is 15.9 Å². The van der Waals surface area contributed by atoms with Crippen LogP contribution < -0.4 is 13.9 Å². The van der Waals surface area contributed by atoms with Crippen LogP contribution in [0.25, 0.3) is 0 Å². The van der Waals surface area contributed by atoms with E-state index in [2.05, 4.69) is 0 Å². The van der Waals surface area contributed by atoms with Gasteiger partial charge in [0.05, 0.1) is 18.5 Å². The van der Waals surface area contributed by atoms with Crippen LogP contribution in [-0.4, -0.2) is 40.3 Å². The van der Waals surface area contributed by atoms with Gasteiger partial charge in [-0.05, 0) is 67.0 Å². The zero-order valence-electron chi connectivity index (χ0n) is 18.9. The van der Waals surface area contributed by atoms with Crippen molar-refractivity contribution in [2.24, 2.45) is 0 Å². The van der Waals surface area contributed by atoms with Gasteiger partial charge in [0.2, 0.25) is 0 Å². The second kappa shape index (κ2) is 9.35. The number of carbonyl (C=O) groups is 1. The molecule has 8 heteroatoms. The molecule has 0 aromatic heterocycles. The lowest BCUT2D eigenvalue weighted by molar-refractivity contribution is 0.0986. The Morgan fingerprint density at radius 1 is 0.941 bits per heavy atom. The first kappa shape index (κ1) is 22.8. The molecular weight excluding hydrogens is 468 g/mol. The van der Waals surface area contributed by atoms with E-state index < -0.39 is 10.0 Å². The summed E-state index contributed by atoms with van der Waals surface area (Å²) in [6.45, 7) is 0.966. The second-order valence-corrected chi connectivity index (χ2v) is 11.3. The minimum Gasteiger partial charge on any atom is -0.495 e. The fraction of sp³-hybridized carbons (Fsp3) is 0.269. The number of anilines is 2. The molecule has 2 aliphatic rings. The second-order valence-electron chi connectivity index (χ2n) is 8.30. The van der Waals surface area contributed by atoms with Crippen molar-refractivity contribution in [2.45, 2.75) is 29.1 Å². The highest BCUT2D eigenvalue weighted by molar-refractivity contribution is 7.99. The summed E-state index contributed by atoms with van der Waals surface area (Å²) in [5, 5.41) is 0. The molecule has 5 rings (SSSR count). The monoisotopic (exact) mass is 494 g/mol. The molecule has 0 N–H and O–H groups in total. The first-order valence-electron chi connectivity index (χ1n) is 11.3. The van der Waals surface area contributed by atoms with Gasteiger partial charge in [-0.1, -0.05) is 30.3 Å². The molecule has 0 saturated heterocycles. The Kier molecular flexibility index (Phi) is 6.27. The molecule has 1 amide bonds. The van der Waals surface area contributed by atoms with Crippen LogP contribution in [0.15, 0.2) is 76.5 Å². The van der Waals surface area contributed by atoms with Gasteiger partial charge in [-0.25, -0.2) is 8.42 Å². The largest absolute Gasteiger partial charge is 0.495 e. The van der Waals surface area contributed by atoms with Crippen molar-refractivity contribution in [1.29, 1.82) is 0 Å². The number of amides is 1. The maximum atomic E-state index is 13.9. The predicted molar refractivity (Wildman–Crippen MR) is 136 cm³/mol. The summed E-state index contributed by atoms with van der Waals surface area (Å²) in [6.07, 6.45) is 2.43. The van der Waals surface area contributed by atoms with E-state index in [-0.39, 0.29) is 16.6 Å². The molecule has 34 heavy (non-hydrogen) atoms. The Morgan fingerprint density at radius 3 is 2.53 bits per heavy atom. The third kappa shape index (κ3) is 4.05. The van der Waals surface area contributed by atoms with Crippen molar-refractivity contribution >= 4 is 39.1 Å². The van der Waals surface area contributed by atoms with Crippen LogP contribution in [0, 0.1) is 0 Å². The van der Waals surface area contributed by atoms with Gasteiger partial charge in [-0.15, -0.1) is 11.8 Å². The number of sulfonamides is 1. The highest BCUT2D eigenvalue weighted by Crippen LogP contribution is 2.37. The maximum absolute atomic E-state index is 13.9. The van der Waals surface area contributed by atoms with Crippen LogP contribution in [0.3, 0.4) is 0 Å². The quantitative estimate of drug-likeness (QED) is 0.512. The van der Waals surface area contributed by atoms with Crippen molar-refractivity contribution in [3.63, 3.8) is 0 Å². The average Bonchev–Trinajstić information content (AvgIpc) is 3.10. The third-order valence-electron chi connectivity index (χ3n) is 6.23. The number of thioether (sulfide) groups is 1. The summed E-state index contributed by atoms with van der Waals surface area (Å²) in [5.74, 6) is 0.941. The molecule has 0 radical (unpaired) electrons. The Labute approximate surface area is 204 Å². The molecule has 2 heterocycles. The maximum Gasteiger partial charge on any atom is 0.268 e. The number of hydrogen-bond acceptors (Lipinski definition) is 5. The number of ether oxygens (including phenoxy) is 1. The number of carbonyl (C=O) groups excluding carboxylic acids is 1. The Morgan fingerprint density at radius 2 is 1.71 bits per heavy atom. The van der Waals surface area contributed by atoms with Gasteiger partial charge in [0.15, 0.2) is 0 Å². The topological polar surface area (TPSA) is 66.9 Å². The van der Waals surface area contributed by atoms with E-state index in [0.29, 0.717) is 24.3 Å². The summed E-state index contributed by atoms with van der Waals surface area (Å²) < 4.78 is 34.6. The molecule has 0 unspecified atom stereocenters. The average molecular weight is 495 g/mol. The fourth-order valence-corrected chi connectivity index (χ4v) is 7.29. The summed E-state index contributed by atoms with van der Waals surface area (Å²) in [4.78, 5) is 16.5. The summed E-state index contributed by atoms with van der Waals surface area (Å²) >= 11 is 1.74. The van der Waals surface area contributed by atoms with Crippen LogP contribution in [0.4, 0.5) is 11.4 Å². The molecule has 3 aromatic carbocycles. The number of benzene rings is 3. The molecule has 0 aliphatic carbocycles. The first-order valence-corrected chi connectivity index (χ1v) is 13.8. The molecule has 6 nitrogen and oxygen atoms in total. The highest BCUT2D eigenvalue weighted by atomic mass is 32.2. The van der Waals surface area contributed by atoms with Gasteiger partial charge < -0.3 is 9.64 Å². The molecule has 0 spiro atoms. The van der Waals surface area contributed by atoms with Gasteiger partial charge in [0.1, 0.15) is 10.6 Å². The molecule has 176 valence electrons. The minimum absolute atomic E-state index is 0.00929. The van der Waals surface area contributed by atoms with Crippen molar-refractivity contribution in [2.75, 3.05) is 35.2 Å². The zero-order chi connectivity index (χ0) is 23.7. The number of nitrogens with zero attached hydrogens (tertiary/aromatic N) is 2. The number of fused-ring (bicyclic) bond motifs is 2. The van der Waals surface area contributed by atoms with Gasteiger partial charge in [0, 0.05) is 23.5 Å². The molecule has 0 bridgehead atoms. The Bertz CT molecular complexity index is 1340. The summed E-state index contributed by atoms with van der Waals surface area (Å²) in [6, 6.07) is 20.1. The van der Waals surface area contributed by atoms with E-state index in [1.54, 1.807) is 28.8 Å². The van der Waals surface area contributed by atoms with Crippen molar-refractivity contribution in [3.05, 3.63) is 77.9 Å². The lowest BCUT2D eigenvalue weighted by Crippen LogP contribution is -2.36. The minimum atomic E-state index is -3.94. The van der Waals surface area contributed by atoms with Crippen LogP contribution in [-0.2, 0) is 16.4 Å². The van der Waals surface area contributed by atoms with Gasteiger partial charge in [-0.2, -0.15) is 0 Å². The number of rotatable bonds is 4. The van der Waals surface area contributed by atoms with E-state index in [9.17, 15) is 13.2 Å². The van der Waals surface area contributed by atoms with Crippen molar-refractivity contribution in [3.8, 4) is 5.75 Å². The predicted octanol–water partition coefficient (Wildman–Crippen LogP) is 4.98. The van der Waals surface area contributed by atoms with Crippen LogP contribution in [0.2, 0.25) is 0 Å². The molecule has 0 atom stereocenters. The number of aryl methyl sites for hydroxylation is 1.